The number of carbonyl (C=O) groups is 1. The van der Waals surface area contributed by atoms with E-state index in [0.29, 0.717) is 5.69 Å². The van der Waals surface area contributed by atoms with E-state index in [1.54, 1.807) is 6.92 Å². The second-order valence-corrected chi connectivity index (χ2v) is 4.40. The van der Waals surface area contributed by atoms with Crippen molar-refractivity contribution in [1.82, 2.24) is 5.32 Å². The Balaban J connectivity index is 2.09. The molecule has 1 unspecified atom stereocenters. The van der Waals surface area contributed by atoms with Crippen molar-refractivity contribution in [3.05, 3.63) is 29.8 Å². The standard InChI is InChI=1S/C13H18N2O2/c1-9(16)10-5-2-3-6-11(10)15-13(17)12-7-4-8-14-12/h2-3,5-6,9,12,14,16H,4,7-8H2,1H3,(H,15,17)/t9?,12-/m1/s1. The largest absolute Gasteiger partial charge is 0.389 e. The lowest BCUT2D eigenvalue weighted by Crippen LogP contribution is -2.35. The number of carbonyl (C=O) groups excluding carboxylic acids is 1. The van der Waals surface area contributed by atoms with E-state index in [4.69, 9.17) is 0 Å². The summed E-state index contributed by atoms with van der Waals surface area (Å²) in [6, 6.07) is 7.24. The third kappa shape index (κ3) is 2.84. The Morgan fingerprint density at radius 1 is 1.53 bits per heavy atom. The second-order valence-electron chi connectivity index (χ2n) is 4.40. The van der Waals surface area contributed by atoms with E-state index in [2.05, 4.69) is 10.6 Å². The first-order valence-corrected chi connectivity index (χ1v) is 5.99. The number of aliphatic hydroxyl groups excluding tert-OH is 1. The van der Waals surface area contributed by atoms with E-state index in [1.165, 1.54) is 0 Å². The molecule has 92 valence electrons. The molecule has 1 aromatic carbocycles. The number of nitrogens with one attached hydrogen (secondary N) is 2. The molecule has 1 heterocycles. The Hall–Kier alpha value is -1.39. The SMILES string of the molecule is CC(O)c1ccccc1NC(=O)[C@H]1CCCN1. The summed E-state index contributed by atoms with van der Waals surface area (Å²) in [5.41, 5.74) is 1.44. The number of rotatable bonds is 3. The first kappa shape index (κ1) is 12.1. The first-order chi connectivity index (χ1) is 8.18. The molecule has 0 saturated carbocycles. The van der Waals surface area contributed by atoms with Gasteiger partial charge in [0.25, 0.3) is 0 Å². The molecule has 2 rings (SSSR count). The Kier molecular flexibility index (Phi) is 3.76. The molecular weight excluding hydrogens is 216 g/mol. The number of para-hydroxylation sites is 1. The monoisotopic (exact) mass is 234 g/mol. The van der Waals surface area contributed by atoms with Gasteiger partial charge in [-0.3, -0.25) is 4.79 Å². The van der Waals surface area contributed by atoms with Crippen LogP contribution >= 0.6 is 0 Å². The molecule has 0 spiro atoms. The lowest BCUT2D eigenvalue weighted by atomic mass is 10.1. The zero-order valence-electron chi connectivity index (χ0n) is 9.94. The van der Waals surface area contributed by atoms with E-state index in [9.17, 15) is 9.90 Å². The minimum absolute atomic E-state index is 0.0180. The van der Waals surface area contributed by atoms with Crippen molar-refractivity contribution in [2.45, 2.75) is 31.9 Å². The van der Waals surface area contributed by atoms with Crippen LogP contribution in [0.3, 0.4) is 0 Å². The third-order valence-electron chi connectivity index (χ3n) is 3.05. The van der Waals surface area contributed by atoms with Crippen LogP contribution in [0.15, 0.2) is 24.3 Å². The van der Waals surface area contributed by atoms with Gasteiger partial charge in [-0.2, -0.15) is 0 Å². The van der Waals surface area contributed by atoms with Crippen LogP contribution in [0.1, 0.15) is 31.4 Å². The molecule has 0 aliphatic carbocycles. The van der Waals surface area contributed by atoms with E-state index in [1.807, 2.05) is 24.3 Å². The van der Waals surface area contributed by atoms with Gasteiger partial charge in [0.1, 0.15) is 0 Å². The number of benzene rings is 1. The summed E-state index contributed by atoms with van der Waals surface area (Å²) in [6.45, 7) is 2.59. The van der Waals surface area contributed by atoms with Crippen molar-refractivity contribution in [1.29, 1.82) is 0 Å². The third-order valence-corrected chi connectivity index (χ3v) is 3.05. The maximum Gasteiger partial charge on any atom is 0.241 e. The molecule has 1 fully saturated rings. The van der Waals surface area contributed by atoms with Crippen molar-refractivity contribution in [3.63, 3.8) is 0 Å². The fraction of sp³-hybridized carbons (Fsp3) is 0.462. The molecule has 17 heavy (non-hydrogen) atoms. The quantitative estimate of drug-likeness (QED) is 0.741. The van der Waals surface area contributed by atoms with Crippen molar-refractivity contribution < 1.29 is 9.90 Å². The van der Waals surface area contributed by atoms with Crippen LogP contribution in [-0.2, 0) is 4.79 Å². The molecule has 3 N–H and O–H groups in total. The number of hydrogen-bond acceptors (Lipinski definition) is 3. The van der Waals surface area contributed by atoms with E-state index in [0.717, 1.165) is 24.9 Å². The van der Waals surface area contributed by atoms with Crippen LogP contribution in [0.5, 0.6) is 0 Å². The smallest absolute Gasteiger partial charge is 0.241 e. The predicted octanol–water partition coefficient (Wildman–Crippen LogP) is 1.43. The maximum atomic E-state index is 11.9. The zero-order chi connectivity index (χ0) is 12.3. The molecule has 2 atom stereocenters. The molecule has 4 heteroatoms. The molecule has 4 nitrogen and oxygen atoms in total. The fourth-order valence-corrected chi connectivity index (χ4v) is 2.10. The van der Waals surface area contributed by atoms with Gasteiger partial charge < -0.3 is 15.7 Å². The van der Waals surface area contributed by atoms with Gasteiger partial charge in [0, 0.05) is 11.3 Å². The summed E-state index contributed by atoms with van der Waals surface area (Å²) in [5.74, 6) is -0.0180. The molecule has 0 bridgehead atoms. The van der Waals surface area contributed by atoms with Gasteiger partial charge in [-0.05, 0) is 32.4 Å². The maximum absolute atomic E-state index is 11.9. The average molecular weight is 234 g/mol. The summed E-state index contributed by atoms with van der Waals surface area (Å²) in [4.78, 5) is 11.9. The predicted molar refractivity (Wildman–Crippen MR) is 66.7 cm³/mol. The minimum atomic E-state index is -0.581. The molecule has 1 aliphatic heterocycles. The fourth-order valence-electron chi connectivity index (χ4n) is 2.10. The Bertz CT molecular complexity index is 398. The van der Waals surface area contributed by atoms with Crippen LogP contribution < -0.4 is 10.6 Å². The van der Waals surface area contributed by atoms with Crippen LogP contribution in [0.25, 0.3) is 0 Å². The molecule has 0 aromatic heterocycles. The topological polar surface area (TPSA) is 61.4 Å². The normalized spacial score (nSPS) is 21.2. The van der Waals surface area contributed by atoms with Gasteiger partial charge in [0.2, 0.25) is 5.91 Å². The summed E-state index contributed by atoms with van der Waals surface area (Å²) < 4.78 is 0. The van der Waals surface area contributed by atoms with Crippen molar-refractivity contribution in [3.8, 4) is 0 Å². The van der Waals surface area contributed by atoms with Crippen LogP contribution in [0.4, 0.5) is 5.69 Å². The minimum Gasteiger partial charge on any atom is -0.389 e. The summed E-state index contributed by atoms with van der Waals surface area (Å²) in [5, 5.41) is 15.6. The summed E-state index contributed by atoms with van der Waals surface area (Å²) in [6.07, 6.45) is 1.33. The van der Waals surface area contributed by atoms with Gasteiger partial charge >= 0.3 is 0 Å². The molecule has 1 saturated heterocycles. The van der Waals surface area contributed by atoms with Gasteiger partial charge in [-0.25, -0.2) is 0 Å². The van der Waals surface area contributed by atoms with E-state index in [-0.39, 0.29) is 11.9 Å². The molecule has 1 aliphatic rings. The highest BCUT2D eigenvalue weighted by Gasteiger charge is 2.22. The van der Waals surface area contributed by atoms with Gasteiger partial charge in [-0.15, -0.1) is 0 Å². The Morgan fingerprint density at radius 2 is 2.29 bits per heavy atom. The average Bonchev–Trinajstić information content (AvgIpc) is 2.83. The van der Waals surface area contributed by atoms with Crippen molar-refractivity contribution in [2.75, 3.05) is 11.9 Å². The lowest BCUT2D eigenvalue weighted by molar-refractivity contribution is -0.117. The van der Waals surface area contributed by atoms with Gasteiger partial charge in [0.15, 0.2) is 0 Å². The highest BCUT2D eigenvalue weighted by atomic mass is 16.3. The number of hydrogen-bond donors (Lipinski definition) is 3. The Morgan fingerprint density at radius 3 is 2.94 bits per heavy atom. The number of anilines is 1. The van der Waals surface area contributed by atoms with Crippen LogP contribution in [-0.4, -0.2) is 23.6 Å². The number of aliphatic hydroxyl groups is 1. The molecule has 1 aromatic rings. The second kappa shape index (κ2) is 5.29. The molecular formula is C13H18N2O2. The van der Waals surface area contributed by atoms with E-state index < -0.39 is 6.10 Å². The zero-order valence-corrected chi connectivity index (χ0v) is 9.94. The van der Waals surface area contributed by atoms with Crippen molar-refractivity contribution >= 4 is 11.6 Å². The van der Waals surface area contributed by atoms with Gasteiger partial charge in [-0.1, -0.05) is 18.2 Å². The highest BCUT2D eigenvalue weighted by molar-refractivity contribution is 5.95. The van der Waals surface area contributed by atoms with Crippen molar-refractivity contribution in [2.24, 2.45) is 0 Å². The lowest BCUT2D eigenvalue weighted by Gasteiger charge is -2.15. The number of amides is 1. The molecule has 0 radical (unpaired) electrons. The highest BCUT2D eigenvalue weighted by Crippen LogP contribution is 2.22. The molecule has 1 amide bonds. The summed E-state index contributed by atoms with van der Waals surface area (Å²) >= 11 is 0. The Labute approximate surface area is 101 Å². The first-order valence-electron chi connectivity index (χ1n) is 5.99. The van der Waals surface area contributed by atoms with E-state index >= 15 is 0 Å². The van der Waals surface area contributed by atoms with Crippen LogP contribution in [0, 0.1) is 0 Å². The summed E-state index contributed by atoms with van der Waals surface area (Å²) in [7, 11) is 0. The van der Waals surface area contributed by atoms with Crippen LogP contribution in [0.2, 0.25) is 0 Å². The van der Waals surface area contributed by atoms with Gasteiger partial charge in [0.05, 0.1) is 12.1 Å².